The first-order chi connectivity index (χ1) is 10.5. The Kier molecular flexibility index (Phi) is 8.64. The fourth-order valence-electron chi connectivity index (χ4n) is 1.55. The van der Waals surface area contributed by atoms with Crippen molar-refractivity contribution in [1.29, 1.82) is 0 Å². The van der Waals surface area contributed by atoms with Crippen LogP contribution in [-0.4, -0.2) is 90.8 Å². The molecular weight excluding hydrogens is 320 g/mol. The van der Waals surface area contributed by atoms with Crippen molar-refractivity contribution in [2.75, 3.05) is 6.61 Å². The van der Waals surface area contributed by atoms with Gasteiger partial charge in [0.2, 0.25) is 0 Å². The summed E-state index contributed by atoms with van der Waals surface area (Å²) in [6.07, 6.45) is -10.1. The Morgan fingerprint density at radius 3 is 1.87 bits per heavy atom. The molecule has 7 N–H and O–H groups in total. The third-order valence-electron chi connectivity index (χ3n) is 2.97. The van der Waals surface area contributed by atoms with E-state index in [4.69, 9.17) is 15.3 Å². The molecule has 0 aromatic heterocycles. The number of aliphatic hydroxyl groups is 5. The van der Waals surface area contributed by atoms with Crippen LogP contribution in [0, 0.1) is 5.92 Å². The van der Waals surface area contributed by atoms with Gasteiger partial charge in [0.05, 0.1) is 12.5 Å². The van der Waals surface area contributed by atoms with Gasteiger partial charge in [0.25, 0.3) is 0 Å². The van der Waals surface area contributed by atoms with E-state index < -0.39 is 67.4 Å². The lowest BCUT2D eigenvalue weighted by atomic mass is 9.99. The zero-order valence-corrected chi connectivity index (χ0v) is 12.1. The van der Waals surface area contributed by atoms with E-state index in [9.17, 15) is 34.8 Å². The molecule has 23 heavy (non-hydrogen) atoms. The van der Waals surface area contributed by atoms with Gasteiger partial charge in [0.15, 0.2) is 6.10 Å². The first-order valence-corrected chi connectivity index (χ1v) is 6.50. The number of carbonyl (C=O) groups excluding carboxylic acids is 1. The monoisotopic (exact) mass is 340 g/mol. The molecule has 2 unspecified atom stereocenters. The Balaban J connectivity index is 4.62. The van der Waals surface area contributed by atoms with Crippen LogP contribution in [0.5, 0.6) is 0 Å². The van der Waals surface area contributed by atoms with Crippen molar-refractivity contribution in [2.24, 2.45) is 5.92 Å². The number of carboxylic acid groups (broad SMARTS) is 2. The maximum Gasteiger partial charge on any atom is 0.335 e. The number of hydrogen-bond donors (Lipinski definition) is 7. The largest absolute Gasteiger partial charge is 0.481 e. The lowest BCUT2D eigenvalue weighted by Crippen LogP contribution is -2.46. The van der Waals surface area contributed by atoms with Crippen molar-refractivity contribution in [1.82, 2.24) is 0 Å². The van der Waals surface area contributed by atoms with Gasteiger partial charge in [-0.3, -0.25) is 9.59 Å². The zero-order valence-electron chi connectivity index (χ0n) is 12.1. The van der Waals surface area contributed by atoms with Gasteiger partial charge in [-0.25, -0.2) is 4.79 Å². The van der Waals surface area contributed by atoms with Crippen molar-refractivity contribution >= 4 is 17.9 Å². The maximum absolute atomic E-state index is 11.5. The quantitative estimate of drug-likeness (QED) is 0.195. The van der Waals surface area contributed by atoms with Crippen LogP contribution in [0.4, 0.5) is 0 Å². The molecule has 0 saturated carbocycles. The molecule has 0 saturated heterocycles. The number of esters is 1. The average Bonchev–Trinajstić information content (AvgIpc) is 2.46. The van der Waals surface area contributed by atoms with Gasteiger partial charge in [-0.05, 0) is 6.92 Å². The molecule has 0 aromatic carbocycles. The van der Waals surface area contributed by atoms with Crippen LogP contribution in [0.1, 0.15) is 13.3 Å². The van der Waals surface area contributed by atoms with E-state index in [1.807, 2.05) is 0 Å². The molecule has 0 aliphatic carbocycles. The number of hydrogen-bond acceptors (Lipinski definition) is 9. The number of carboxylic acids is 2. The maximum atomic E-state index is 11.5. The second-order valence-corrected chi connectivity index (χ2v) is 4.91. The van der Waals surface area contributed by atoms with E-state index in [0.29, 0.717) is 0 Å². The number of rotatable bonds is 10. The molecule has 0 amide bonds. The van der Waals surface area contributed by atoms with E-state index in [2.05, 4.69) is 4.74 Å². The summed E-state index contributed by atoms with van der Waals surface area (Å²) in [6, 6.07) is 0. The van der Waals surface area contributed by atoms with E-state index in [-0.39, 0.29) is 0 Å². The fraction of sp³-hybridized carbons (Fsp3) is 0.750. The number of aliphatic hydroxyl groups excluding tert-OH is 5. The van der Waals surface area contributed by atoms with Gasteiger partial charge in [-0.15, -0.1) is 0 Å². The second-order valence-electron chi connectivity index (χ2n) is 4.91. The van der Waals surface area contributed by atoms with Crippen molar-refractivity contribution in [3.05, 3.63) is 0 Å². The Morgan fingerprint density at radius 1 is 0.957 bits per heavy atom. The van der Waals surface area contributed by atoms with Gasteiger partial charge in [-0.2, -0.15) is 0 Å². The molecule has 0 fully saturated rings. The van der Waals surface area contributed by atoms with E-state index in [0.717, 1.165) is 6.92 Å². The summed E-state index contributed by atoms with van der Waals surface area (Å²) in [6.45, 7) is 0.222. The smallest absolute Gasteiger partial charge is 0.335 e. The van der Waals surface area contributed by atoms with Crippen LogP contribution in [0.3, 0.4) is 0 Å². The summed E-state index contributed by atoms with van der Waals surface area (Å²) < 4.78 is 4.38. The van der Waals surface area contributed by atoms with Gasteiger partial charge >= 0.3 is 17.9 Å². The fourth-order valence-corrected chi connectivity index (χ4v) is 1.55. The summed E-state index contributed by atoms with van der Waals surface area (Å²) in [5.41, 5.74) is 0. The summed E-state index contributed by atoms with van der Waals surface area (Å²) in [5.74, 6) is -6.76. The summed E-state index contributed by atoms with van der Waals surface area (Å²) in [5, 5.41) is 64.0. The Bertz CT molecular complexity index is 421. The highest BCUT2D eigenvalue weighted by Gasteiger charge is 2.36. The van der Waals surface area contributed by atoms with Gasteiger partial charge in [-0.1, -0.05) is 0 Å². The van der Waals surface area contributed by atoms with Crippen LogP contribution in [0.15, 0.2) is 0 Å². The minimum absolute atomic E-state index is 0.916. The molecule has 0 bridgehead atoms. The molecule has 6 atom stereocenters. The van der Waals surface area contributed by atoms with Crippen LogP contribution in [-0.2, 0) is 19.1 Å². The molecule has 0 aromatic rings. The van der Waals surface area contributed by atoms with Gasteiger partial charge in [0.1, 0.15) is 30.8 Å². The molecule has 0 aliphatic heterocycles. The summed E-state index contributed by atoms with van der Waals surface area (Å²) in [4.78, 5) is 32.8. The average molecular weight is 340 g/mol. The number of aliphatic carboxylic acids is 2. The summed E-state index contributed by atoms with van der Waals surface area (Å²) >= 11 is 0. The van der Waals surface area contributed by atoms with Gasteiger partial charge in [0, 0.05) is 0 Å². The third-order valence-corrected chi connectivity index (χ3v) is 2.97. The SMILES string of the molecule is C[C@@H](O)[C@H](O)[C@H](O)[C@@H](O)COC(=O)C(O)C(CC(=O)O)C(=O)O. The second kappa shape index (κ2) is 9.37. The highest BCUT2D eigenvalue weighted by molar-refractivity contribution is 5.85. The molecule has 0 rings (SSSR count). The highest BCUT2D eigenvalue weighted by atomic mass is 16.6. The Labute approximate surface area is 130 Å². The lowest BCUT2D eigenvalue weighted by molar-refractivity contribution is -0.171. The zero-order chi connectivity index (χ0) is 18.3. The van der Waals surface area contributed by atoms with Crippen LogP contribution >= 0.6 is 0 Å². The molecule has 0 heterocycles. The van der Waals surface area contributed by atoms with E-state index in [1.54, 1.807) is 0 Å². The van der Waals surface area contributed by atoms with Crippen molar-refractivity contribution in [3.8, 4) is 0 Å². The normalized spacial score (nSPS) is 19.0. The molecule has 0 spiro atoms. The molecule has 11 nitrogen and oxygen atoms in total. The highest BCUT2D eigenvalue weighted by Crippen LogP contribution is 2.12. The van der Waals surface area contributed by atoms with Crippen molar-refractivity contribution in [2.45, 2.75) is 43.9 Å². The lowest BCUT2D eigenvalue weighted by Gasteiger charge is -2.25. The number of ether oxygens (including phenoxy) is 1. The Hall–Kier alpha value is -1.79. The van der Waals surface area contributed by atoms with Crippen molar-refractivity contribution < 1.29 is 54.9 Å². The number of carbonyl (C=O) groups is 3. The predicted molar refractivity (Wildman–Crippen MR) is 70.0 cm³/mol. The molecular formula is C12H20O11. The minimum Gasteiger partial charge on any atom is -0.481 e. The third kappa shape index (κ3) is 6.88. The molecule has 0 aliphatic rings. The standard InChI is InChI=1S/C12H20O11/c1-4(13)8(17)10(19)6(14)3-23-12(22)9(18)5(11(20)21)2-7(15)16/h4-6,8-10,13-14,17-19H,2-3H2,1H3,(H,15,16)(H,20,21)/t4-,5?,6+,8+,9?,10-/m1/s1. The van der Waals surface area contributed by atoms with Crippen molar-refractivity contribution in [3.63, 3.8) is 0 Å². The first-order valence-electron chi connectivity index (χ1n) is 6.50. The first kappa shape index (κ1) is 21.2. The Morgan fingerprint density at radius 2 is 1.48 bits per heavy atom. The van der Waals surface area contributed by atoms with Crippen LogP contribution in [0.25, 0.3) is 0 Å². The predicted octanol–water partition coefficient (Wildman–Crippen LogP) is -3.47. The molecule has 0 radical (unpaired) electrons. The molecule has 134 valence electrons. The summed E-state index contributed by atoms with van der Waals surface area (Å²) in [7, 11) is 0. The van der Waals surface area contributed by atoms with Crippen LogP contribution < -0.4 is 0 Å². The molecule has 11 heteroatoms. The minimum atomic E-state index is -2.30. The topological polar surface area (TPSA) is 202 Å². The van der Waals surface area contributed by atoms with E-state index >= 15 is 0 Å². The van der Waals surface area contributed by atoms with E-state index in [1.165, 1.54) is 0 Å². The van der Waals surface area contributed by atoms with Gasteiger partial charge < -0.3 is 40.5 Å². The van der Waals surface area contributed by atoms with Crippen LogP contribution in [0.2, 0.25) is 0 Å².